The van der Waals surface area contributed by atoms with Crippen LogP contribution in [0.2, 0.25) is 0 Å². The van der Waals surface area contributed by atoms with Crippen LogP contribution in [0.1, 0.15) is 39.2 Å². The van der Waals surface area contributed by atoms with E-state index in [1.54, 1.807) is 0 Å². The van der Waals surface area contributed by atoms with Crippen LogP contribution in [-0.4, -0.2) is 0 Å². The molecule has 2 heteroatoms. The molecule has 4 rings (SSSR count). The van der Waals surface area contributed by atoms with Crippen LogP contribution in [0, 0.1) is 0 Å². The summed E-state index contributed by atoms with van der Waals surface area (Å²) < 4.78 is 3.86. The molecule has 2 aromatic heterocycles. The third kappa shape index (κ3) is 1.67. The maximum Gasteiger partial charge on any atom is 0.223 e. The van der Waals surface area contributed by atoms with Gasteiger partial charge < -0.3 is 0 Å². The number of benzene rings is 1. The van der Waals surface area contributed by atoms with Gasteiger partial charge in [-0.05, 0) is 42.5 Å². The number of thiophene rings is 1. The van der Waals surface area contributed by atoms with Crippen LogP contribution in [0.4, 0.5) is 0 Å². The molecule has 1 aliphatic rings. The van der Waals surface area contributed by atoms with Crippen LogP contribution in [0.25, 0.3) is 20.7 Å². The molecule has 0 bridgehead atoms. The van der Waals surface area contributed by atoms with E-state index < -0.39 is 0 Å². The van der Waals surface area contributed by atoms with Gasteiger partial charge in [-0.1, -0.05) is 38.6 Å². The lowest BCUT2D eigenvalue weighted by Gasteiger charge is -2.45. The van der Waals surface area contributed by atoms with Crippen molar-refractivity contribution < 1.29 is 4.57 Å². The van der Waals surface area contributed by atoms with Gasteiger partial charge in [-0.2, -0.15) is 4.57 Å². The molecule has 1 aromatic carbocycles. The van der Waals surface area contributed by atoms with E-state index >= 15 is 0 Å². The quantitative estimate of drug-likeness (QED) is 0.419. The van der Waals surface area contributed by atoms with Gasteiger partial charge in [0, 0.05) is 23.3 Å². The van der Waals surface area contributed by atoms with Gasteiger partial charge in [0.2, 0.25) is 5.69 Å². The average Bonchev–Trinajstić information content (AvgIpc) is 3.03. The summed E-state index contributed by atoms with van der Waals surface area (Å²) in [5, 5.41) is 1.41. The third-order valence-corrected chi connectivity index (χ3v) is 7.40. The van der Waals surface area contributed by atoms with Gasteiger partial charge in [0.05, 0.1) is 5.41 Å². The van der Waals surface area contributed by atoms with Gasteiger partial charge in [0.1, 0.15) is 4.88 Å². The van der Waals surface area contributed by atoms with Gasteiger partial charge in [0.25, 0.3) is 0 Å². The summed E-state index contributed by atoms with van der Waals surface area (Å²) in [6.07, 6.45) is 6.55. The van der Waals surface area contributed by atoms with Crippen LogP contribution in [0.15, 0.2) is 61.3 Å². The molecule has 2 unspecified atom stereocenters. The molecule has 1 nitrogen and oxygen atoms in total. The highest BCUT2D eigenvalue weighted by Gasteiger charge is 2.58. The molecule has 1 aliphatic heterocycles. The second-order valence-corrected chi connectivity index (χ2v) is 7.98. The number of hydrogen-bond acceptors (Lipinski definition) is 1. The fourth-order valence-electron chi connectivity index (χ4n) is 4.74. The summed E-state index contributed by atoms with van der Waals surface area (Å²) in [4.78, 5) is 1.42. The lowest BCUT2D eigenvalue weighted by Crippen LogP contribution is -2.67. The first-order valence-corrected chi connectivity index (χ1v) is 9.61. The lowest BCUT2D eigenvalue weighted by atomic mass is 9.60. The normalized spacial score (nSPS) is 25.3. The topological polar surface area (TPSA) is 3.88 Å². The average molecular weight is 335 g/mol. The summed E-state index contributed by atoms with van der Waals surface area (Å²) in [5.41, 5.74) is 2.76. The van der Waals surface area contributed by atoms with Crippen molar-refractivity contribution in [3.63, 3.8) is 0 Å². The molecule has 3 heterocycles. The van der Waals surface area contributed by atoms with E-state index in [0.29, 0.717) is 0 Å². The second kappa shape index (κ2) is 5.29. The Morgan fingerprint density at radius 3 is 2.54 bits per heavy atom. The smallest absolute Gasteiger partial charge is 0.188 e. The zero-order chi connectivity index (χ0) is 16.9. The van der Waals surface area contributed by atoms with Gasteiger partial charge in [-0.3, -0.25) is 0 Å². The minimum absolute atomic E-state index is 0.0253. The summed E-state index contributed by atoms with van der Waals surface area (Å²) in [6.45, 7) is 11.3. The zero-order valence-electron chi connectivity index (χ0n) is 14.7. The van der Waals surface area contributed by atoms with Gasteiger partial charge in [0.15, 0.2) is 11.7 Å². The molecular weight excluding hydrogens is 310 g/mol. The number of allylic oxidation sites excluding steroid dienone is 1. The van der Waals surface area contributed by atoms with Crippen molar-refractivity contribution in [3.05, 3.63) is 66.9 Å². The fraction of sp³-hybridized carbons (Fsp3) is 0.318. The molecule has 24 heavy (non-hydrogen) atoms. The van der Waals surface area contributed by atoms with E-state index in [0.717, 1.165) is 12.8 Å². The van der Waals surface area contributed by atoms with Gasteiger partial charge >= 0.3 is 0 Å². The van der Waals surface area contributed by atoms with E-state index in [4.69, 9.17) is 0 Å². The monoisotopic (exact) mass is 334 g/mol. The minimum Gasteiger partial charge on any atom is -0.188 e. The number of pyridine rings is 1. The zero-order valence-corrected chi connectivity index (χ0v) is 15.5. The first kappa shape index (κ1) is 15.6. The molecule has 0 saturated carbocycles. The number of nitrogens with zero attached hydrogens (tertiary/aromatic N) is 1. The lowest BCUT2D eigenvalue weighted by molar-refractivity contribution is -0.755. The molecule has 0 amide bonds. The number of rotatable bonds is 3. The van der Waals surface area contributed by atoms with Gasteiger partial charge in [-0.15, -0.1) is 11.3 Å². The molecule has 0 N–H and O–H groups in total. The maximum absolute atomic E-state index is 4.29. The Bertz CT molecular complexity index is 938. The van der Waals surface area contributed by atoms with E-state index in [-0.39, 0.29) is 11.0 Å². The standard InChI is InChI=1S/C22H24NS/c1-5-21(4)19-16-12-8-9-14-18(16)24-20(19)17-13-10-11-15-23(17)22(21,6-2)7-3/h6,8-15H,2,5,7H2,1,3-4H3/q+1. The minimum atomic E-state index is -0.102. The SMILES string of the molecule is C=CC1(CC)[n+]2ccccc2-c2sc3ccccc3c2C1(C)CC. The highest BCUT2D eigenvalue weighted by Crippen LogP contribution is 2.55. The molecule has 0 radical (unpaired) electrons. The van der Waals surface area contributed by atoms with Crippen LogP contribution in [-0.2, 0) is 11.0 Å². The summed E-state index contributed by atoms with van der Waals surface area (Å²) in [6, 6.07) is 15.4. The third-order valence-electron chi connectivity index (χ3n) is 6.21. The summed E-state index contributed by atoms with van der Waals surface area (Å²) in [7, 11) is 0. The Morgan fingerprint density at radius 2 is 1.83 bits per heavy atom. The predicted octanol–water partition coefficient (Wildman–Crippen LogP) is 5.83. The molecule has 122 valence electrons. The molecule has 0 fully saturated rings. The van der Waals surface area contributed by atoms with Crippen molar-refractivity contribution in [2.45, 2.75) is 44.6 Å². The maximum atomic E-state index is 4.29. The first-order valence-electron chi connectivity index (χ1n) is 8.80. The largest absolute Gasteiger partial charge is 0.223 e. The number of hydrogen-bond donors (Lipinski definition) is 0. The summed E-state index contributed by atoms with van der Waals surface area (Å²) >= 11 is 1.93. The Kier molecular flexibility index (Phi) is 3.43. The van der Waals surface area contributed by atoms with Crippen molar-refractivity contribution in [3.8, 4) is 10.6 Å². The molecule has 3 aromatic rings. The van der Waals surface area contributed by atoms with Crippen molar-refractivity contribution in [1.82, 2.24) is 0 Å². The predicted molar refractivity (Wildman–Crippen MR) is 104 cm³/mol. The Labute approximate surface area is 148 Å². The van der Waals surface area contributed by atoms with E-state index in [1.807, 2.05) is 11.3 Å². The van der Waals surface area contributed by atoms with Crippen LogP contribution in [0.3, 0.4) is 0 Å². The Hall–Kier alpha value is -1.93. The van der Waals surface area contributed by atoms with Crippen LogP contribution in [0.5, 0.6) is 0 Å². The molecule has 0 saturated heterocycles. The highest BCUT2D eigenvalue weighted by atomic mass is 32.1. The number of aromatic nitrogens is 1. The Morgan fingerprint density at radius 1 is 1.08 bits per heavy atom. The van der Waals surface area contributed by atoms with Crippen LogP contribution >= 0.6 is 11.3 Å². The number of fused-ring (bicyclic) bond motifs is 5. The highest BCUT2D eigenvalue weighted by molar-refractivity contribution is 7.22. The molecule has 0 spiro atoms. The van der Waals surface area contributed by atoms with E-state index in [1.165, 1.54) is 26.2 Å². The van der Waals surface area contributed by atoms with Crippen molar-refractivity contribution in [2.24, 2.45) is 0 Å². The van der Waals surface area contributed by atoms with Crippen molar-refractivity contribution in [2.75, 3.05) is 0 Å². The summed E-state index contributed by atoms with van der Waals surface area (Å²) in [5.74, 6) is 0. The van der Waals surface area contributed by atoms with E-state index in [2.05, 4.69) is 86.7 Å². The first-order chi connectivity index (χ1) is 11.6. The fourth-order valence-corrected chi connectivity index (χ4v) is 6.10. The molecular formula is C22H24NS+. The molecule has 2 atom stereocenters. The van der Waals surface area contributed by atoms with Crippen molar-refractivity contribution >= 4 is 21.4 Å². The second-order valence-electron chi connectivity index (χ2n) is 6.93. The Balaban J connectivity index is 2.23. The van der Waals surface area contributed by atoms with E-state index in [9.17, 15) is 0 Å². The molecule has 0 aliphatic carbocycles. The van der Waals surface area contributed by atoms with Crippen molar-refractivity contribution in [1.29, 1.82) is 0 Å². The van der Waals surface area contributed by atoms with Gasteiger partial charge in [-0.25, -0.2) is 0 Å². The van der Waals surface area contributed by atoms with Crippen LogP contribution < -0.4 is 4.57 Å².